The van der Waals surface area contributed by atoms with Crippen LogP contribution in [0, 0.1) is 0 Å². The summed E-state index contributed by atoms with van der Waals surface area (Å²) >= 11 is 12.0. The third-order valence-electron chi connectivity index (χ3n) is 3.29. The van der Waals surface area contributed by atoms with Crippen molar-refractivity contribution >= 4 is 53.1 Å². The number of fused-ring (bicyclic) bond motifs is 1. The molecule has 0 amide bonds. The van der Waals surface area contributed by atoms with E-state index in [0.717, 1.165) is 35.6 Å². The molecule has 5 heteroatoms. The Labute approximate surface area is 146 Å². The summed E-state index contributed by atoms with van der Waals surface area (Å²) in [5.41, 5.74) is 4.21. The lowest BCUT2D eigenvalue weighted by atomic mass is 10.1. The smallest absolute Gasteiger partial charge is 0.0668 e. The number of benzodiazepines with no additional fused rings is 1. The van der Waals surface area contributed by atoms with Gasteiger partial charge in [0.05, 0.1) is 22.3 Å². The van der Waals surface area contributed by atoms with Gasteiger partial charge in [-0.15, -0.1) is 12.4 Å². The fourth-order valence-electron chi connectivity index (χ4n) is 2.25. The summed E-state index contributed by atoms with van der Waals surface area (Å²) in [5.74, 6) is 0. The first-order valence-corrected chi connectivity index (χ1v) is 7.50. The van der Waals surface area contributed by atoms with Crippen molar-refractivity contribution in [1.82, 2.24) is 0 Å². The van der Waals surface area contributed by atoms with Crippen LogP contribution in [-0.4, -0.2) is 18.8 Å². The van der Waals surface area contributed by atoms with E-state index in [9.17, 15) is 0 Å². The fraction of sp³-hybridized carbons (Fsp3) is 0.118. The molecule has 1 aliphatic rings. The molecule has 0 spiro atoms. The molecule has 0 bridgehead atoms. The molecule has 0 fully saturated rings. The van der Waals surface area contributed by atoms with Gasteiger partial charge in [-0.3, -0.25) is 4.99 Å². The molecule has 0 aliphatic carbocycles. The van der Waals surface area contributed by atoms with E-state index < -0.39 is 0 Å². The lowest BCUT2D eigenvalue weighted by Gasteiger charge is -2.07. The predicted molar refractivity (Wildman–Crippen MR) is 99.1 cm³/mol. The quantitative estimate of drug-likeness (QED) is 0.774. The van der Waals surface area contributed by atoms with Crippen LogP contribution in [-0.2, 0) is 0 Å². The molecule has 0 saturated carbocycles. The first-order chi connectivity index (χ1) is 10.2. The highest BCUT2D eigenvalue weighted by Crippen LogP contribution is 2.24. The zero-order valence-electron chi connectivity index (χ0n) is 11.7. The highest BCUT2D eigenvalue weighted by Gasteiger charge is 2.09. The Hall–Kier alpha value is -1.48. The minimum Gasteiger partial charge on any atom is -0.383 e. The molecule has 0 atom stereocenters. The van der Waals surface area contributed by atoms with Crippen molar-refractivity contribution in [3.05, 3.63) is 69.7 Å². The van der Waals surface area contributed by atoms with Gasteiger partial charge in [-0.2, -0.15) is 0 Å². The Morgan fingerprint density at radius 2 is 1.82 bits per heavy atom. The molecule has 1 aliphatic heterocycles. The maximum absolute atomic E-state index is 6.04. The van der Waals surface area contributed by atoms with Gasteiger partial charge >= 0.3 is 0 Å². The van der Waals surface area contributed by atoms with Crippen molar-refractivity contribution in [2.75, 3.05) is 18.4 Å². The summed E-state index contributed by atoms with van der Waals surface area (Å²) in [6.07, 6.45) is 4.02. The Bertz CT molecular complexity index is 724. The highest BCUT2D eigenvalue weighted by atomic mass is 35.5. The lowest BCUT2D eigenvalue weighted by Crippen LogP contribution is -2.03. The van der Waals surface area contributed by atoms with Crippen molar-refractivity contribution < 1.29 is 0 Å². The summed E-state index contributed by atoms with van der Waals surface area (Å²) in [5, 5.41) is 4.51. The van der Waals surface area contributed by atoms with Crippen LogP contribution in [0.1, 0.15) is 11.1 Å². The molecule has 0 saturated heterocycles. The third-order valence-corrected chi connectivity index (χ3v) is 4.03. The van der Waals surface area contributed by atoms with Gasteiger partial charge in [0.1, 0.15) is 0 Å². The van der Waals surface area contributed by atoms with Crippen LogP contribution in [0.4, 0.5) is 5.69 Å². The lowest BCUT2D eigenvalue weighted by molar-refractivity contribution is 1.04. The van der Waals surface area contributed by atoms with Crippen molar-refractivity contribution in [3.8, 4) is 0 Å². The van der Waals surface area contributed by atoms with Crippen LogP contribution < -0.4 is 5.32 Å². The van der Waals surface area contributed by atoms with E-state index in [2.05, 4.69) is 22.4 Å². The highest BCUT2D eigenvalue weighted by molar-refractivity contribution is 6.42. The minimum atomic E-state index is 0. The van der Waals surface area contributed by atoms with Crippen LogP contribution in [0.15, 0.2) is 53.5 Å². The molecule has 0 aromatic heterocycles. The van der Waals surface area contributed by atoms with Gasteiger partial charge in [0.2, 0.25) is 0 Å². The molecule has 3 rings (SSSR count). The number of nitrogens with zero attached hydrogens (tertiary/aromatic N) is 1. The first kappa shape index (κ1) is 16.9. The second kappa shape index (κ2) is 7.68. The number of aliphatic imine (C=N–C) groups is 1. The predicted octanol–water partition coefficient (Wildman–Crippen LogP) is 5.34. The van der Waals surface area contributed by atoms with Crippen molar-refractivity contribution in [1.29, 1.82) is 0 Å². The zero-order valence-corrected chi connectivity index (χ0v) is 14.1. The van der Waals surface area contributed by atoms with Gasteiger partial charge < -0.3 is 5.32 Å². The average molecular weight is 354 g/mol. The van der Waals surface area contributed by atoms with Crippen molar-refractivity contribution in [2.45, 2.75) is 0 Å². The van der Waals surface area contributed by atoms with E-state index in [-0.39, 0.29) is 12.4 Å². The molecule has 2 aromatic rings. The van der Waals surface area contributed by atoms with Crippen molar-refractivity contribution in [2.24, 2.45) is 4.99 Å². The minimum absolute atomic E-state index is 0. The monoisotopic (exact) mass is 352 g/mol. The summed E-state index contributed by atoms with van der Waals surface area (Å²) in [6.45, 7) is 1.61. The summed E-state index contributed by atoms with van der Waals surface area (Å²) in [7, 11) is 0. The van der Waals surface area contributed by atoms with E-state index in [4.69, 9.17) is 23.2 Å². The number of benzene rings is 2. The molecule has 1 N–H and O–H groups in total. The fourth-order valence-corrected chi connectivity index (χ4v) is 2.55. The maximum atomic E-state index is 6.04. The van der Waals surface area contributed by atoms with Crippen LogP contribution in [0.3, 0.4) is 0 Å². The second-order valence-corrected chi connectivity index (χ2v) is 5.56. The molecular weight excluding hydrogens is 339 g/mol. The summed E-state index contributed by atoms with van der Waals surface area (Å²) < 4.78 is 0. The van der Waals surface area contributed by atoms with Crippen LogP contribution in [0.25, 0.3) is 6.08 Å². The topological polar surface area (TPSA) is 24.4 Å². The Kier molecular flexibility index (Phi) is 5.90. The molecule has 1 heterocycles. The van der Waals surface area contributed by atoms with Gasteiger partial charge in [-0.05, 0) is 29.8 Å². The number of rotatable bonds is 2. The normalized spacial score (nSPS) is 13.6. The largest absolute Gasteiger partial charge is 0.383 e. The van der Waals surface area contributed by atoms with Crippen molar-refractivity contribution in [3.63, 3.8) is 0 Å². The first-order valence-electron chi connectivity index (χ1n) is 6.75. The SMILES string of the molecule is Cl.Clc1ccc(/C=C/C2=NCCNc3ccccc32)cc1Cl. The Balaban J connectivity index is 0.00000176. The standard InChI is InChI=1S/C17H14Cl2N2.ClH/c18-14-7-5-12(11-15(14)19)6-8-17-13-3-1-2-4-16(13)20-9-10-21-17;/h1-8,11,20H,9-10H2;1H/b8-6+;. The summed E-state index contributed by atoms with van der Waals surface area (Å²) in [4.78, 5) is 4.63. The zero-order chi connectivity index (χ0) is 14.7. The number of allylic oxidation sites excluding steroid dienone is 1. The van der Waals surface area contributed by atoms with Crippen LogP contribution in [0.2, 0.25) is 10.0 Å². The Morgan fingerprint density at radius 3 is 2.64 bits per heavy atom. The number of halogens is 3. The third kappa shape index (κ3) is 3.83. The molecule has 0 radical (unpaired) electrons. The molecule has 0 unspecified atom stereocenters. The second-order valence-electron chi connectivity index (χ2n) is 4.75. The number of hydrogen-bond acceptors (Lipinski definition) is 2. The van der Waals surface area contributed by atoms with E-state index >= 15 is 0 Å². The molecule has 22 heavy (non-hydrogen) atoms. The van der Waals surface area contributed by atoms with Gasteiger partial charge in [-0.1, -0.05) is 53.5 Å². The van der Waals surface area contributed by atoms with E-state index in [1.165, 1.54) is 0 Å². The molecular formula is C17H15Cl3N2. The van der Waals surface area contributed by atoms with E-state index in [1.54, 1.807) is 6.07 Å². The van der Waals surface area contributed by atoms with Gasteiger partial charge in [-0.25, -0.2) is 0 Å². The Morgan fingerprint density at radius 1 is 1.00 bits per heavy atom. The number of hydrogen-bond donors (Lipinski definition) is 1. The summed E-state index contributed by atoms with van der Waals surface area (Å²) in [6, 6.07) is 13.8. The number of para-hydroxylation sites is 1. The molecule has 2 nitrogen and oxygen atoms in total. The molecule has 2 aromatic carbocycles. The van der Waals surface area contributed by atoms with E-state index in [1.807, 2.05) is 36.4 Å². The van der Waals surface area contributed by atoms with Gasteiger partial charge in [0.25, 0.3) is 0 Å². The van der Waals surface area contributed by atoms with Gasteiger partial charge in [0, 0.05) is 17.8 Å². The van der Waals surface area contributed by atoms with Crippen LogP contribution in [0.5, 0.6) is 0 Å². The number of anilines is 1. The van der Waals surface area contributed by atoms with E-state index in [0.29, 0.717) is 10.0 Å². The maximum Gasteiger partial charge on any atom is 0.0668 e. The molecule has 114 valence electrons. The van der Waals surface area contributed by atoms with Crippen LogP contribution >= 0.6 is 35.6 Å². The number of nitrogens with one attached hydrogen (secondary N) is 1. The average Bonchev–Trinajstić information content (AvgIpc) is 2.71. The van der Waals surface area contributed by atoms with Gasteiger partial charge in [0.15, 0.2) is 0 Å².